The van der Waals surface area contributed by atoms with Crippen LogP contribution >= 0.6 is 0 Å². The minimum atomic E-state index is -0.182. The van der Waals surface area contributed by atoms with Gasteiger partial charge in [-0.05, 0) is 62.7 Å². The van der Waals surface area contributed by atoms with E-state index in [2.05, 4.69) is 22.3 Å². The first-order valence-corrected chi connectivity index (χ1v) is 9.80. The largest absolute Gasteiger partial charge is 0.459 e. The Kier molecular flexibility index (Phi) is 5.26. The molecule has 1 aliphatic heterocycles. The predicted octanol–water partition coefficient (Wildman–Crippen LogP) is 4.91. The van der Waals surface area contributed by atoms with Gasteiger partial charge in [0.1, 0.15) is 11.3 Å². The highest BCUT2D eigenvalue weighted by molar-refractivity contribution is 5.94. The van der Waals surface area contributed by atoms with Gasteiger partial charge in [0.2, 0.25) is 0 Å². The van der Waals surface area contributed by atoms with Crippen molar-refractivity contribution in [2.24, 2.45) is 0 Å². The molecule has 0 bridgehead atoms. The summed E-state index contributed by atoms with van der Waals surface area (Å²) in [4.78, 5) is 15.1. The van der Waals surface area contributed by atoms with Gasteiger partial charge in [0, 0.05) is 17.5 Å². The second kappa shape index (κ2) is 7.97. The fourth-order valence-corrected chi connectivity index (χ4v) is 3.70. The first-order chi connectivity index (χ1) is 13.2. The number of carbonyl (C=O) groups excluding carboxylic acids is 1. The van der Waals surface area contributed by atoms with Crippen molar-refractivity contribution in [3.8, 4) is 0 Å². The maximum atomic E-state index is 12.6. The Morgan fingerprint density at radius 2 is 1.81 bits per heavy atom. The molecule has 0 spiro atoms. The Morgan fingerprint density at radius 3 is 2.56 bits per heavy atom. The predicted molar refractivity (Wildman–Crippen MR) is 108 cm³/mol. The van der Waals surface area contributed by atoms with Crippen LogP contribution in [-0.4, -0.2) is 23.9 Å². The third kappa shape index (κ3) is 4.22. The van der Waals surface area contributed by atoms with Gasteiger partial charge >= 0.3 is 0 Å². The first kappa shape index (κ1) is 17.8. The van der Waals surface area contributed by atoms with Gasteiger partial charge in [-0.15, -0.1) is 0 Å². The number of piperidine rings is 1. The molecule has 3 aromatic rings. The highest BCUT2D eigenvalue weighted by Crippen LogP contribution is 2.24. The molecular weight excluding hydrogens is 336 g/mol. The molecule has 1 aliphatic rings. The average molecular weight is 362 g/mol. The number of fused-ring (bicyclic) bond motifs is 1. The number of likely N-dealkylation sites (tertiary alicyclic amines) is 1. The molecule has 140 valence electrons. The zero-order chi connectivity index (χ0) is 18.6. The Bertz CT molecular complexity index is 875. The average Bonchev–Trinajstić information content (AvgIpc) is 3.14. The zero-order valence-electron chi connectivity index (χ0n) is 15.8. The number of nitrogens with zero attached hydrogens (tertiary/aromatic N) is 1. The van der Waals surface area contributed by atoms with Crippen molar-refractivity contribution in [1.29, 1.82) is 0 Å². The van der Waals surface area contributed by atoms with Crippen LogP contribution in [0.2, 0.25) is 0 Å². The van der Waals surface area contributed by atoms with E-state index in [1.807, 2.05) is 49.4 Å². The molecule has 1 amide bonds. The Morgan fingerprint density at radius 1 is 1.07 bits per heavy atom. The van der Waals surface area contributed by atoms with E-state index in [-0.39, 0.29) is 11.9 Å². The summed E-state index contributed by atoms with van der Waals surface area (Å²) in [6.07, 6.45) is 3.93. The highest BCUT2D eigenvalue weighted by Gasteiger charge is 2.16. The smallest absolute Gasteiger partial charge is 0.251 e. The Labute approximate surface area is 160 Å². The molecule has 27 heavy (non-hydrogen) atoms. The zero-order valence-corrected chi connectivity index (χ0v) is 15.8. The first-order valence-electron chi connectivity index (χ1n) is 9.80. The van der Waals surface area contributed by atoms with E-state index >= 15 is 0 Å². The van der Waals surface area contributed by atoms with E-state index in [1.165, 1.54) is 37.9 Å². The van der Waals surface area contributed by atoms with Crippen molar-refractivity contribution in [2.45, 2.75) is 38.8 Å². The molecule has 1 atom stereocenters. The molecule has 0 radical (unpaired) electrons. The number of furan rings is 1. The summed E-state index contributed by atoms with van der Waals surface area (Å²) in [5.41, 5.74) is 2.79. The molecule has 1 aromatic heterocycles. The second-order valence-corrected chi connectivity index (χ2v) is 7.42. The number of hydrogen-bond donors (Lipinski definition) is 1. The molecule has 4 rings (SSSR count). The second-order valence-electron chi connectivity index (χ2n) is 7.42. The summed E-state index contributed by atoms with van der Waals surface area (Å²) < 4.78 is 5.85. The SMILES string of the molecule is CC(NC(=O)c1ccc(CN2CCCCC2)cc1)c1cc2ccccc2o1. The van der Waals surface area contributed by atoms with Crippen LogP contribution in [0, 0.1) is 0 Å². The minimum absolute atomic E-state index is 0.0764. The molecular formula is C23H26N2O2. The molecule has 2 heterocycles. The lowest BCUT2D eigenvalue weighted by Crippen LogP contribution is -2.29. The normalized spacial score (nSPS) is 16.3. The standard InChI is InChI=1S/C23H26N2O2/c1-17(22-15-20-7-3-4-8-21(20)27-22)24-23(26)19-11-9-18(10-12-19)16-25-13-5-2-6-14-25/h3-4,7-12,15,17H,2,5-6,13-14,16H2,1H3,(H,24,26). The molecule has 2 aromatic carbocycles. The lowest BCUT2D eigenvalue weighted by Gasteiger charge is -2.26. The summed E-state index contributed by atoms with van der Waals surface area (Å²) in [5.74, 6) is 0.693. The van der Waals surface area contributed by atoms with Crippen LogP contribution in [0.5, 0.6) is 0 Å². The fourth-order valence-electron chi connectivity index (χ4n) is 3.70. The van der Waals surface area contributed by atoms with Gasteiger partial charge in [0.15, 0.2) is 0 Å². The topological polar surface area (TPSA) is 45.5 Å². The number of hydrogen-bond acceptors (Lipinski definition) is 3. The van der Waals surface area contributed by atoms with Gasteiger partial charge in [0.25, 0.3) is 5.91 Å². The number of carbonyl (C=O) groups is 1. The van der Waals surface area contributed by atoms with E-state index in [0.29, 0.717) is 5.56 Å². The van der Waals surface area contributed by atoms with E-state index < -0.39 is 0 Å². The highest BCUT2D eigenvalue weighted by atomic mass is 16.3. The van der Waals surface area contributed by atoms with Crippen molar-refractivity contribution >= 4 is 16.9 Å². The monoisotopic (exact) mass is 362 g/mol. The number of nitrogens with one attached hydrogen (secondary N) is 1. The molecule has 0 saturated carbocycles. The third-order valence-electron chi connectivity index (χ3n) is 5.29. The van der Waals surface area contributed by atoms with Gasteiger partial charge in [-0.25, -0.2) is 0 Å². The van der Waals surface area contributed by atoms with Crippen LogP contribution in [0.1, 0.15) is 53.9 Å². The van der Waals surface area contributed by atoms with Crippen LogP contribution in [-0.2, 0) is 6.54 Å². The molecule has 4 heteroatoms. The minimum Gasteiger partial charge on any atom is -0.459 e. The quantitative estimate of drug-likeness (QED) is 0.701. The Hall–Kier alpha value is -2.59. The van der Waals surface area contributed by atoms with Gasteiger partial charge in [-0.1, -0.05) is 36.8 Å². The molecule has 0 aliphatic carbocycles. The third-order valence-corrected chi connectivity index (χ3v) is 5.29. The molecule has 1 unspecified atom stereocenters. The Balaban J connectivity index is 1.38. The number of benzene rings is 2. The summed E-state index contributed by atoms with van der Waals surface area (Å²) in [7, 11) is 0. The van der Waals surface area contributed by atoms with Crippen molar-refractivity contribution in [2.75, 3.05) is 13.1 Å². The van der Waals surface area contributed by atoms with Crippen LogP contribution in [0.3, 0.4) is 0 Å². The number of amides is 1. The summed E-state index contributed by atoms with van der Waals surface area (Å²) in [6.45, 7) is 5.27. The maximum Gasteiger partial charge on any atom is 0.251 e. The van der Waals surface area contributed by atoms with E-state index in [0.717, 1.165) is 23.3 Å². The van der Waals surface area contributed by atoms with Gasteiger partial charge in [-0.3, -0.25) is 9.69 Å². The maximum absolute atomic E-state index is 12.6. The van der Waals surface area contributed by atoms with E-state index in [1.54, 1.807) is 0 Å². The van der Waals surface area contributed by atoms with Crippen molar-refractivity contribution in [1.82, 2.24) is 10.2 Å². The molecule has 1 fully saturated rings. The fraction of sp³-hybridized carbons (Fsp3) is 0.348. The number of para-hydroxylation sites is 1. The van der Waals surface area contributed by atoms with Crippen LogP contribution in [0.25, 0.3) is 11.0 Å². The van der Waals surface area contributed by atoms with E-state index in [4.69, 9.17) is 4.42 Å². The van der Waals surface area contributed by atoms with Crippen LogP contribution in [0.4, 0.5) is 0 Å². The molecule has 4 nitrogen and oxygen atoms in total. The van der Waals surface area contributed by atoms with E-state index in [9.17, 15) is 4.79 Å². The summed E-state index contributed by atoms with van der Waals surface area (Å²) in [6, 6.07) is 17.7. The summed E-state index contributed by atoms with van der Waals surface area (Å²) in [5, 5.41) is 4.08. The van der Waals surface area contributed by atoms with Gasteiger partial charge in [-0.2, -0.15) is 0 Å². The van der Waals surface area contributed by atoms with Crippen LogP contribution in [0.15, 0.2) is 59.0 Å². The summed E-state index contributed by atoms with van der Waals surface area (Å²) >= 11 is 0. The lowest BCUT2D eigenvalue weighted by molar-refractivity contribution is 0.0935. The van der Waals surface area contributed by atoms with Crippen molar-refractivity contribution < 1.29 is 9.21 Å². The van der Waals surface area contributed by atoms with Crippen molar-refractivity contribution in [3.05, 3.63) is 71.5 Å². The molecule has 1 saturated heterocycles. The van der Waals surface area contributed by atoms with Crippen molar-refractivity contribution in [3.63, 3.8) is 0 Å². The van der Waals surface area contributed by atoms with Gasteiger partial charge in [0.05, 0.1) is 6.04 Å². The van der Waals surface area contributed by atoms with Crippen LogP contribution < -0.4 is 5.32 Å². The molecule has 1 N–H and O–H groups in total. The number of rotatable bonds is 5. The lowest BCUT2D eigenvalue weighted by atomic mass is 10.1. The van der Waals surface area contributed by atoms with Gasteiger partial charge < -0.3 is 9.73 Å².